The Morgan fingerprint density at radius 3 is 2.78 bits per heavy atom. The Kier molecular flexibility index (Phi) is 4.00. The lowest BCUT2D eigenvalue weighted by molar-refractivity contribution is 0.102. The summed E-state index contributed by atoms with van der Waals surface area (Å²) in [6.07, 6.45) is 0. The summed E-state index contributed by atoms with van der Waals surface area (Å²) in [5.74, 6) is 0.166. The molecular formula is C10H7Cl2N3O2S. The van der Waals surface area contributed by atoms with E-state index >= 15 is 0 Å². The zero-order valence-electron chi connectivity index (χ0n) is 9.11. The van der Waals surface area contributed by atoms with Crippen LogP contribution >= 0.6 is 34.5 Å². The number of rotatable bonds is 3. The zero-order valence-corrected chi connectivity index (χ0v) is 11.4. The minimum atomic E-state index is -0.422. The maximum atomic E-state index is 11.8. The highest BCUT2D eigenvalue weighted by atomic mass is 35.5. The fraction of sp³-hybridized carbons (Fsp3) is 0.100. The summed E-state index contributed by atoms with van der Waals surface area (Å²) in [5, 5.41) is 10.4. The summed E-state index contributed by atoms with van der Waals surface area (Å²) in [6, 6.07) is 4.94. The molecule has 1 aromatic carbocycles. The Hall–Kier alpha value is -1.37. The van der Waals surface area contributed by atoms with Crippen molar-refractivity contribution in [3.8, 4) is 5.75 Å². The summed E-state index contributed by atoms with van der Waals surface area (Å²) in [5.41, 5.74) is 0.437. The Morgan fingerprint density at radius 1 is 1.39 bits per heavy atom. The highest BCUT2D eigenvalue weighted by Crippen LogP contribution is 2.27. The molecule has 0 unspecified atom stereocenters. The van der Waals surface area contributed by atoms with E-state index in [2.05, 4.69) is 15.5 Å². The summed E-state index contributed by atoms with van der Waals surface area (Å²) in [4.78, 5) is 11.8. The van der Waals surface area contributed by atoms with Crippen molar-refractivity contribution in [2.24, 2.45) is 0 Å². The highest BCUT2D eigenvalue weighted by molar-refractivity contribution is 7.17. The predicted molar refractivity (Wildman–Crippen MR) is 70.9 cm³/mol. The van der Waals surface area contributed by atoms with Gasteiger partial charge in [-0.25, -0.2) is 0 Å². The predicted octanol–water partition coefficient (Wildman–Crippen LogP) is 3.11. The van der Waals surface area contributed by atoms with Crippen LogP contribution in [0.1, 0.15) is 9.80 Å². The van der Waals surface area contributed by atoms with Crippen molar-refractivity contribution in [3.05, 3.63) is 32.7 Å². The van der Waals surface area contributed by atoms with Gasteiger partial charge < -0.3 is 10.1 Å². The number of aromatic nitrogens is 2. The number of amides is 1. The molecular weight excluding hydrogens is 297 g/mol. The second-order valence-corrected chi connectivity index (χ2v) is 5.13. The maximum absolute atomic E-state index is 11.8. The van der Waals surface area contributed by atoms with Gasteiger partial charge in [-0.15, -0.1) is 10.2 Å². The van der Waals surface area contributed by atoms with Gasteiger partial charge in [0.05, 0.1) is 17.8 Å². The van der Waals surface area contributed by atoms with Crippen LogP contribution in [0, 0.1) is 0 Å². The molecule has 0 bridgehead atoms. The molecule has 1 N–H and O–H groups in total. The molecule has 1 amide bonds. The van der Waals surface area contributed by atoms with E-state index in [1.54, 1.807) is 18.2 Å². The van der Waals surface area contributed by atoms with Crippen LogP contribution in [-0.2, 0) is 0 Å². The van der Waals surface area contributed by atoms with E-state index in [0.717, 1.165) is 11.3 Å². The number of carbonyl (C=O) groups excluding carboxylic acids is 1. The van der Waals surface area contributed by atoms with Crippen molar-refractivity contribution < 1.29 is 9.53 Å². The van der Waals surface area contributed by atoms with E-state index < -0.39 is 5.91 Å². The minimum absolute atomic E-state index is 0.166. The van der Waals surface area contributed by atoms with Crippen molar-refractivity contribution in [1.29, 1.82) is 0 Å². The van der Waals surface area contributed by atoms with Gasteiger partial charge >= 0.3 is 0 Å². The molecule has 0 atom stereocenters. The van der Waals surface area contributed by atoms with Gasteiger partial charge in [-0.2, -0.15) is 0 Å². The molecule has 2 aromatic rings. The number of benzene rings is 1. The van der Waals surface area contributed by atoms with Gasteiger partial charge in [-0.1, -0.05) is 22.9 Å². The number of methoxy groups -OCH3 is 1. The van der Waals surface area contributed by atoms with Crippen LogP contribution in [-0.4, -0.2) is 23.2 Å². The van der Waals surface area contributed by atoms with Crippen molar-refractivity contribution in [3.63, 3.8) is 0 Å². The number of nitrogens with zero attached hydrogens (tertiary/aromatic N) is 2. The van der Waals surface area contributed by atoms with Crippen molar-refractivity contribution in [2.45, 2.75) is 0 Å². The number of anilines is 1. The SMILES string of the molecule is COc1ccc(Cl)c(NC(=O)c2nnc(Cl)s2)c1. The van der Waals surface area contributed by atoms with E-state index in [4.69, 9.17) is 27.9 Å². The first-order chi connectivity index (χ1) is 8.60. The quantitative estimate of drug-likeness (QED) is 0.946. The van der Waals surface area contributed by atoms with E-state index in [0.29, 0.717) is 16.5 Å². The van der Waals surface area contributed by atoms with Gasteiger partial charge in [0, 0.05) is 6.07 Å². The molecule has 94 valence electrons. The minimum Gasteiger partial charge on any atom is -0.497 e. The first kappa shape index (κ1) is 13.1. The lowest BCUT2D eigenvalue weighted by Gasteiger charge is -2.07. The number of nitrogens with one attached hydrogen (secondary N) is 1. The molecule has 1 aromatic heterocycles. The second-order valence-electron chi connectivity index (χ2n) is 3.16. The first-order valence-corrected chi connectivity index (χ1v) is 6.31. The average Bonchev–Trinajstić information content (AvgIpc) is 2.79. The number of halogens is 2. The summed E-state index contributed by atoms with van der Waals surface area (Å²) in [7, 11) is 1.53. The third-order valence-corrected chi connectivity index (χ3v) is 3.36. The van der Waals surface area contributed by atoms with Gasteiger partial charge in [-0.3, -0.25) is 4.79 Å². The fourth-order valence-electron chi connectivity index (χ4n) is 1.20. The Bertz CT molecular complexity index is 588. The molecule has 0 radical (unpaired) electrons. The molecule has 0 saturated heterocycles. The molecule has 0 aliphatic heterocycles. The summed E-state index contributed by atoms with van der Waals surface area (Å²) in [6.45, 7) is 0. The normalized spacial score (nSPS) is 10.2. The van der Waals surface area contributed by atoms with Crippen LogP contribution in [0.4, 0.5) is 5.69 Å². The molecule has 2 rings (SSSR count). The molecule has 18 heavy (non-hydrogen) atoms. The highest BCUT2D eigenvalue weighted by Gasteiger charge is 2.14. The lowest BCUT2D eigenvalue weighted by Crippen LogP contribution is -2.12. The van der Waals surface area contributed by atoms with Gasteiger partial charge in [0.25, 0.3) is 5.91 Å². The smallest absolute Gasteiger partial charge is 0.286 e. The van der Waals surface area contributed by atoms with E-state index in [-0.39, 0.29) is 9.47 Å². The number of carbonyl (C=O) groups is 1. The standard InChI is InChI=1S/C10H7Cl2N3O2S/c1-17-5-2-3-6(11)7(4-5)13-8(16)9-14-15-10(12)18-9/h2-4H,1H3,(H,13,16). The topological polar surface area (TPSA) is 64.1 Å². The summed E-state index contributed by atoms with van der Waals surface area (Å²) < 4.78 is 5.25. The number of ether oxygens (including phenoxy) is 1. The van der Waals surface area contributed by atoms with Crippen LogP contribution in [0.3, 0.4) is 0 Å². The molecule has 0 saturated carbocycles. The molecule has 0 fully saturated rings. The van der Waals surface area contributed by atoms with Gasteiger partial charge in [0.1, 0.15) is 5.75 Å². The van der Waals surface area contributed by atoms with Crippen LogP contribution < -0.4 is 10.1 Å². The van der Waals surface area contributed by atoms with E-state index in [9.17, 15) is 4.79 Å². The Balaban J connectivity index is 2.21. The largest absolute Gasteiger partial charge is 0.497 e. The Morgan fingerprint density at radius 2 is 2.17 bits per heavy atom. The third kappa shape index (κ3) is 2.90. The summed E-state index contributed by atoms with van der Waals surface area (Å²) >= 11 is 12.6. The van der Waals surface area contributed by atoms with Gasteiger partial charge in [-0.05, 0) is 23.7 Å². The molecule has 0 spiro atoms. The maximum Gasteiger partial charge on any atom is 0.286 e. The average molecular weight is 304 g/mol. The first-order valence-electron chi connectivity index (χ1n) is 4.74. The molecule has 0 aliphatic carbocycles. The third-order valence-electron chi connectivity index (χ3n) is 2.02. The van der Waals surface area contributed by atoms with E-state index in [1.165, 1.54) is 7.11 Å². The monoisotopic (exact) mass is 303 g/mol. The number of hydrogen-bond acceptors (Lipinski definition) is 5. The fourth-order valence-corrected chi connectivity index (χ4v) is 2.09. The Labute approximate surface area is 117 Å². The van der Waals surface area contributed by atoms with Crippen molar-refractivity contribution in [1.82, 2.24) is 10.2 Å². The zero-order chi connectivity index (χ0) is 13.1. The lowest BCUT2D eigenvalue weighted by atomic mass is 10.3. The van der Waals surface area contributed by atoms with Crippen molar-refractivity contribution in [2.75, 3.05) is 12.4 Å². The van der Waals surface area contributed by atoms with Gasteiger partial charge in [0.2, 0.25) is 9.47 Å². The number of hydrogen-bond donors (Lipinski definition) is 1. The molecule has 8 heteroatoms. The molecule has 1 heterocycles. The van der Waals surface area contributed by atoms with Crippen LogP contribution in [0.2, 0.25) is 9.49 Å². The molecule has 5 nitrogen and oxygen atoms in total. The van der Waals surface area contributed by atoms with Gasteiger partial charge in [0.15, 0.2) is 0 Å². The van der Waals surface area contributed by atoms with Crippen LogP contribution in [0.5, 0.6) is 5.75 Å². The van der Waals surface area contributed by atoms with Crippen molar-refractivity contribution >= 4 is 46.1 Å². The van der Waals surface area contributed by atoms with E-state index in [1.807, 2.05) is 0 Å². The van der Waals surface area contributed by atoms with Crippen LogP contribution in [0.15, 0.2) is 18.2 Å². The molecule has 0 aliphatic rings. The van der Waals surface area contributed by atoms with Crippen LogP contribution in [0.25, 0.3) is 0 Å². The second kappa shape index (κ2) is 5.51.